The van der Waals surface area contributed by atoms with Gasteiger partial charge in [0.05, 0.1) is 19.3 Å². The van der Waals surface area contributed by atoms with E-state index in [4.69, 9.17) is 5.11 Å². The molecule has 0 aromatic rings. The first-order chi connectivity index (χ1) is 3.83. The van der Waals surface area contributed by atoms with E-state index in [0.29, 0.717) is 0 Å². The zero-order valence-electron chi connectivity index (χ0n) is 5.24. The second-order valence-corrected chi connectivity index (χ2v) is 1.56. The van der Waals surface area contributed by atoms with Crippen LogP contribution in [0.1, 0.15) is 0 Å². The first kappa shape index (κ1) is 9.90. The third kappa shape index (κ3) is 3.00. The molecule has 1 saturated heterocycles. The predicted octanol–water partition coefficient (Wildman–Crippen LogP) is -5.26. The van der Waals surface area contributed by atoms with Gasteiger partial charge in [0.25, 0.3) is 0 Å². The topological polar surface area (TPSA) is 61.8 Å². The molecular formula is C3H6BNaO4. The van der Waals surface area contributed by atoms with Crippen molar-refractivity contribution in [2.24, 2.45) is 0 Å². The normalized spacial score (nSPS) is 26.0. The molecule has 1 atom stereocenters. The van der Waals surface area contributed by atoms with Gasteiger partial charge in [0.2, 0.25) is 0 Å². The molecule has 1 aliphatic rings. The van der Waals surface area contributed by atoms with Crippen molar-refractivity contribution in [3.8, 4) is 0 Å². The van der Waals surface area contributed by atoms with Crippen molar-refractivity contribution in [3.05, 3.63) is 0 Å². The summed E-state index contributed by atoms with van der Waals surface area (Å²) in [5, 5.41) is 18.5. The largest absolute Gasteiger partial charge is 1.00 e. The molecule has 4 nitrogen and oxygen atoms in total. The maximum absolute atomic E-state index is 10.1. The van der Waals surface area contributed by atoms with E-state index < -0.39 is 13.4 Å². The van der Waals surface area contributed by atoms with Crippen LogP contribution in [-0.2, 0) is 9.31 Å². The first-order valence-corrected chi connectivity index (χ1v) is 2.36. The van der Waals surface area contributed by atoms with Gasteiger partial charge >= 0.3 is 36.9 Å². The number of aliphatic hydroxyl groups is 1. The minimum atomic E-state index is -1.38. The van der Waals surface area contributed by atoms with Gasteiger partial charge in [-0.15, -0.1) is 0 Å². The first-order valence-electron chi connectivity index (χ1n) is 2.36. The fraction of sp³-hybridized carbons (Fsp3) is 1.00. The van der Waals surface area contributed by atoms with Crippen LogP contribution >= 0.6 is 0 Å². The Bertz CT molecular complexity index is 82.2. The number of aliphatic hydroxyl groups excluding tert-OH is 1. The van der Waals surface area contributed by atoms with E-state index in [2.05, 4.69) is 9.31 Å². The van der Waals surface area contributed by atoms with Crippen LogP contribution in [0.15, 0.2) is 0 Å². The zero-order chi connectivity index (χ0) is 5.98. The monoisotopic (exact) mass is 140 g/mol. The molecule has 1 heterocycles. The van der Waals surface area contributed by atoms with Gasteiger partial charge in [0, 0.05) is 0 Å². The summed E-state index contributed by atoms with van der Waals surface area (Å²) in [4.78, 5) is 0. The van der Waals surface area contributed by atoms with Gasteiger partial charge in [-0.1, -0.05) is 0 Å². The van der Waals surface area contributed by atoms with Crippen molar-refractivity contribution >= 4 is 7.32 Å². The Hall–Kier alpha value is 0.905. The van der Waals surface area contributed by atoms with Crippen molar-refractivity contribution in [3.63, 3.8) is 0 Å². The van der Waals surface area contributed by atoms with E-state index in [9.17, 15) is 5.02 Å². The van der Waals surface area contributed by atoms with Gasteiger partial charge in [-0.05, 0) is 0 Å². The molecule has 0 spiro atoms. The molecule has 1 unspecified atom stereocenters. The van der Waals surface area contributed by atoms with Gasteiger partial charge in [-0.25, -0.2) is 0 Å². The molecular weight excluding hydrogens is 134 g/mol. The van der Waals surface area contributed by atoms with Crippen molar-refractivity contribution in [1.82, 2.24) is 0 Å². The summed E-state index contributed by atoms with van der Waals surface area (Å²) >= 11 is 0. The molecule has 0 radical (unpaired) electrons. The molecule has 0 bridgehead atoms. The van der Waals surface area contributed by atoms with Gasteiger partial charge < -0.3 is 19.4 Å². The molecule has 0 aliphatic carbocycles. The van der Waals surface area contributed by atoms with Crippen LogP contribution in [0.4, 0.5) is 0 Å². The third-order valence-corrected chi connectivity index (χ3v) is 0.925. The van der Waals surface area contributed by atoms with Crippen LogP contribution in [0.5, 0.6) is 0 Å². The average Bonchev–Trinajstić information content (AvgIpc) is 2.14. The fourth-order valence-electron chi connectivity index (χ4n) is 0.517. The summed E-state index contributed by atoms with van der Waals surface area (Å²) in [6, 6.07) is 0. The second kappa shape index (κ2) is 4.68. The van der Waals surface area contributed by atoms with Gasteiger partial charge in [0.15, 0.2) is 0 Å². The molecule has 1 N–H and O–H groups in total. The number of rotatable bonds is 1. The van der Waals surface area contributed by atoms with E-state index >= 15 is 0 Å². The van der Waals surface area contributed by atoms with Gasteiger partial charge in [-0.3, -0.25) is 0 Å². The van der Waals surface area contributed by atoms with Crippen LogP contribution in [-0.4, -0.2) is 31.7 Å². The molecule has 1 aliphatic heterocycles. The Balaban J connectivity index is 0.000000640. The van der Waals surface area contributed by atoms with E-state index in [1.165, 1.54) is 0 Å². The summed E-state index contributed by atoms with van der Waals surface area (Å²) in [6.45, 7) is 0.0728. The Labute approximate surface area is 75.6 Å². The van der Waals surface area contributed by atoms with E-state index in [-0.39, 0.29) is 42.8 Å². The predicted molar refractivity (Wildman–Crippen MR) is 23.7 cm³/mol. The van der Waals surface area contributed by atoms with Crippen LogP contribution in [0.25, 0.3) is 0 Å². The van der Waals surface area contributed by atoms with Crippen LogP contribution in [0, 0.1) is 0 Å². The molecule has 1 rings (SSSR count). The van der Waals surface area contributed by atoms with Crippen molar-refractivity contribution in [2.75, 3.05) is 13.2 Å². The molecule has 0 saturated carbocycles. The Morgan fingerprint density at radius 3 is 2.67 bits per heavy atom. The maximum atomic E-state index is 10.1. The van der Waals surface area contributed by atoms with E-state index in [1.54, 1.807) is 0 Å². The minimum absolute atomic E-state index is 0. The van der Waals surface area contributed by atoms with Crippen molar-refractivity contribution in [1.29, 1.82) is 0 Å². The summed E-state index contributed by atoms with van der Waals surface area (Å²) < 4.78 is 8.90. The minimum Gasteiger partial charge on any atom is -0.832 e. The quantitative estimate of drug-likeness (QED) is 0.369. The van der Waals surface area contributed by atoms with E-state index in [0.717, 1.165) is 0 Å². The molecule has 0 aromatic carbocycles. The number of hydrogen-bond acceptors (Lipinski definition) is 4. The van der Waals surface area contributed by atoms with Crippen molar-refractivity contribution < 1.29 is 49.0 Å². The summed E-state index contributed by atoms with van der Waals surface area (Å²) in [7, 11) is -1.38. The molecule has 9 heavy (non-hydrogen) atoms. The zero-order valence-corrected chi connectivity index (χ0v) is 7.24. The van der Waals surface area contributed by atoms with Crippen molar-refractivity contribution in [2.45, 2.75) is 6.10 Å². The summed E-state index contributed by atoms with van der Waals surface area (Å²) in [6.07, 6.45) is -0.405. The summed E-state index contributed by atoms with van der Waals surface area (Å²) in [5.41, 5.74) is 0. The molecule has 46 valence electrons. The molecule has 6 heteroatoms. The molecule has 0 aromatic heterocycles. The molecule has 0 amide bonds. The fourth-order valence-corrected chi connectivity index (χ4v) is 0.517. The van der Waals surface area contributed by atoms with Crippen LogP contribution in [0.3, 0.4) is 0 Å². The van der Waals surface area contributed by atoms with Gasteiger partial charge in [0.1, 0.15) is 0 Å². The van der Waals surface area contributed by atoms with E-state index in [1.807, 2.05) is 0 Å². The Morgan fingerprint density at radius 2 is 2.44 bits per heavy atom. The second-order valence-electron chi connectivity index (χ2n) is 1.56. The SMILES string of the molecule is [Na+].[O-]B1OCC(CO)O1. The Morgan fingerprint density at radius 1 is 1.78 bits per heavy atom. The molecule has 1 fully saturated rings. The van der Waals surface area contributed by atoms with Crippen LogP contribution < -0.4 is 34.6 Å². The maximum Gasteiger partial charge on any atom is 1.00 e. The van der Waals surface area contributed by atoms with Gasteiger partial charge in [-0.2, -0.15) is 0 Å². The Kier molecular flexibility index (Phi) is 5.15. The number of hydrogen-bond donors (Lipinski definition) is 1. The smallest absolute Gasteiger partial charge is 0.832 e. The standard InChI is InChI=1S/C3H6BO4.Na/c5-1-3-2-7-4(6)8-3;/h3,5H,1-2H2;/q-1;+1. The van der Waals surface area contributed by atoms with Crippen LogP contribution in [0.2, 0.25) is 0 Å². The average molecular weight is 140 g/mol. The summed E-state index contributed by atoms with van der Waals surface area (Å²) in [5.74, 6) is 0. The third-order valence-electron chi connectivity index (χ3n) is 0.925.